The predicted octanol–water partition coefficient (Wildman–Crippen LogP) is 8.17. The molecule has 1 aliphatic rings. The van der Waals surface area contributed by atoms with Crippen LogP contribution in [0.15, 0.2) is 72.6 Å². The second-order valence-corrected chi connectivity index (χ2v) is 9.15. The Labute approximate surface area is 240 Å². The molecule has 0 saturated heterocycles. The van der Waals surface area contributed by atoms with Gasteiger partial charge in [-0.25, -0.2) is 9.97 Å². The Morgan fingerprint density at radius 2 is 1.88 bits per heavy atom. The molecule has 3 heterocycles. The van der Waals surface area contributed by atoms with Crippen molar-refractivity contribution in [1.82, 2.24) is 24.7 Å². The summed E-state index contributed by atoms with van der Waals surface area (Å²) in [5.41, 5.74) is 10.1. The molecule has 5 rings (SSSR count). The molecule has 40 heavy (non-hydrogen) atoms. The van der Waals surface area contributed by atoms with Crippen molar-refractivity contribution in [3.8, 4) is 11.4 Å². The zero-order chi connectivity index (χ0) is 29.3. The molecule has 0 radical (unpaired) electrons. The minimum absolute atomic E-state index is 0.439. The molecule has 0 aliphatic heterocycles. The summed E-state index contributed by atoms with van der Waals surface area (Å²) < 4.78 is 2.14. The maximum Gasteiger partial charge on any atom is 0.150 e. The highest BCUT2D eigenvalue weighted by molar-refractivity contribution is 5.91. The fourth-order valence-corrected chi connectivity index (χ4v) is 4.75. The summed E-state index contributed by atoms with van der Waals surface area (Å²) >= 11 is 0. The van der Waals surface area contributed by atoms with Crippen LogP contribution in [0.25, 0.3) is 27.8 Å². The van der Waals surface area contributed by atoms with Gasteiger partial charge in [0.1, 0.15) is 22.9 Å². The van der Waals surface area contributed by atoms with E-state index in [2.05, 4.69) is 62.5 Å². The number of aromatic amines is 1. The van der Waals surface area contributed by atoms with Gasteiger partial charge >= 0.3 is 0 Å². The van der Waals surface area contributed by atoms with Crippen LogP contribution in [0.1, 0.15) is 78.5 Å². The van der Waals surface area contributed by atoms with E-state index in [-0.39, 0.29) is 0 Å². The van der Waals surface area contributed by atoms with Gasteiger partial charge in [0.15, 0.2) is 0 Å². The molecule has 0 atom stereocenters. The number of aliphatic imine (C=N–C) groups is 1. The van der Waals surface area contributed by atoms with Crippen molar-refractivity contribution >= 4 is 28.5 Å². The van der Waals surface area contributed by atoms with E-state index in [1.54, 1.807) is 6.20 Å². The SMILES string of the molecule is C=CC1CCC(c2nc(-c3cc4ccccc4[nH]3)c3c(N)nccn23)CC1.CC.CC.CC/C=C\N=CCNC. The van der Waals surface area contributed by atoms with Gasteiger partial charge in [0, 0.05) is 48.2 Å². The van der Waals surface area contributed by atoms with Gasteiger partial charge < -0.3 is 16.0 Å². The minimum atomic E-state index is 0.439. The number of allylic oxidation sites excluding steroid dienone is 2. The van der Waals surface area contributed by atoms with Crippen LogP contribution in [-0.2, 0) is 0 Å². The quantitative estimate of drug-likeness (QED) is 0.162. The van der Waals surface area contributed by atoms with E-state index >= 15 is 0 Å². The molecular formula is C33H49N7. The Bertz CT molecular complexity index is 1300. The number of nitrogen functional groups attached to an aromatic ring is 1. The van der Waals surface area contributed by atoms with Crippen molar-refractivity contribution in [2.45, 2.75) is 72.6 Å². The molecule has 0 bridgehead atoms. The molecule has 7 heteroatoms. The Hall–Kier alpha value is -3.71. The smallest absolute Gasteiger partial charge is 0.150 e. The van der Waals surface area contributed by atoms with E-state index in [0.29, 0.717) is 17.7 Å². The maximum atomic E-state index is 6.28. The lowest BCUT2D eigenvalue weighted by atomic mass is 9.82. The van der Waals surface area contributed by atoms with Crippen molar-refractivity contribution in [3.63, 3.8) is 0 Å². The predicted molar refractivity (Wildman–Crippen MR) is 174 cm³/mol. The molecule has 7 nitrogen and oxygen atoms in total. The van der Waals surface area contributed by atoms with Gasteiger partial charge in [-0.15, -0.1) is 6.58 Å². The lowest BCUT2D eigenvalue weighted by Crippen LogP contribution is -2.14. The Kier molecular flexibility index (Phi) is 14.5. The number of nitrogens with one attached hydrogen (secondary N) is 2. The normalized spacial score (nSPS) is 16.6. The Morgan fingerprint density at radius 3 is 2.52 bits per heavy atom. The summed E-state index contributed by atoms with van der Waals surface area (Å²) in [6.07, 6.45) is 17.2. The molecule has 0 spiro atoms. The summed E-state index contributed by atoms with van der Waals surface area (Å²) in [6.45, 7) is 14.9. The van der Waals surface area contributed by atoms with Crippen LogP contribution in [0.3, 0.4) is 0 Å². The number of fused-ring (bicyclic) bond motifs is 2. The summed E-state index contributed by atoms with van der Waals surface area (Å²) in [6, 6.07) is 10.4. The van der Waals surface area contributed by atoms with Gasteiger partial charge in [-0.1, -0.05) is 65.0 Å². The third-order valence-electron chi connectivity index (χ3n) is 6.69. The molecule has 1 aliphatic carbocycles. The number of hydrogen-bond donors (Lipinski definition) is 3. The van der Waals surface area contributed by atoms with Crippen LogP contribution in [-0.4, -0.2) is 39.2 Å². The number of nitrogens with two attached hydrogens (primary N) is 1. The van der Waals surface area contributed by atoms with Gasteiger partial charge in [-0.2, -0.15) is 0 Å². The minimum Gasteiger partial charge on any atom is -0.382 e. The molecule has 4 N–H and O–H groups in total. The fraction of sp³-hybridized carbons (Fsp3) is 0.424. The van der Waals surface area contributed by atoms with E-state index in [0.717, 1.165) is 54.1 Å². The first-order chi connectivity index (χ1) is 19.7. The average Bonchev–Trinajstić information content (AvgIpc) is 3.62. The highest BCUT2D eigenvalue weighted by Crippen LogP contribution is 2.39. The lowest BCUT2D eigenvalue weighted by Gasteiger charge is -2.25. The largest absolute Gasteiger partial charge is 0.382 e. The van der Waals surface area contributed by atoms with Gasteiger partial charge in [0.25, 0.3) is 0 Å². The van der Waals surface area contributed by atoms with Gasteiger partial charge in [0.05, 0.1) is 5.69 Å². The van der Waals surface area contributed by atoms with Crippen LogP contribution >= 0.6 is 0 Å². The molecule has 1 fully saturated rings. The first-order valence-corrected chi connectivity index (χ1v) is 14.8. The lowest BCUT2D eigenvalue weighted by molar-refractivity contribution is 0.366. The molecule has 0 unspecified atom stereocenters. The number of aromatic nitrogens is 4. The molecule has 216 valence electrons. The highest BCUT2D eigenvalue weighted by Gasteiger charge is 2.27. The van der Waals surface area contributed by atoms with E-state index in [9.17, 15) is 0 Å². The van der Waals surface area contributed by atoms with Crippen LogP contribution in [0.2, 0.25) is 0 Å². The van der Waals surface area contributed by atoms with Gasteiger partial charge in [0.2, 0.25) is 0 Å². The molecule has 1 saturated carbocycles. The Morgan fingerprint density at radius 1 is 1.15 bits per heavy atom. The maximum absolute atomic E-state index is 6.28. The summed E-state index contributed by atoms with van der Waals surface area (Å²) in [7, 11) is 1.90. The second-order valence-electron chi connectivity index (χ2n) is 9.15. The van der Waals surface area contributed by atoms with E-state index in [1.165, 1.54) is 18.2 Å². The van der Waals surface area contributed by atoms with Crippen LogP contribution in [0.4, 0.5) is 5.82 Å². The first-order valence-electron chi connectivity index (χ1n) is 14.8. The summed E-state index contributed by atoms with van der Waals surface area (Å²) in [4.78, 5) is 16.9. The van der Waals surface area contributed by atoms with Crippen molar-refractivity contribution in [1.29, 1.82) is 0 Å². The number of para-hydroxylation sites is 1. The molecule has 1 aromatic carbocycles. The van der Waals surface area contributed by atoms with Crippen molar-refractivity contribution in [2.75, 3.05) is 19.3 Å². The first kappa shape index (κ1) is 32.5. The highest BCUT2D eigenvalue weighted by atomic mass is 15.1. The number of nitrogens with zero attached hydrogens (tertiary/aromatic N) is 4. The topological polar surface area (TPSA) is 96.4 Å². The van der Waals surface area contributed by atoms with Crippen LogP contribution in [0.5, 0.6) is 0 Å². The Balaban J connectivity index is 0.000000368. The number of rotatable bonds is 7. The van der Waals surface area contributed by atoms with E-state index < -0.39 is 0 Å². The average molecular weight is 544 g/mol. The van der Waals surface area contributed by atoms with E-state index in [4.69, 9.17) is 10.7 Å². The third kappa shape index (κ3) is 8.39. The monoisotopic (exact) mass is 543 g/mol. The summed E-state index contributed by atoms with van der Waals surface area (Å²) in [5, 5.41) is 4.13. The van der Waals surface area contributed by atoms with Crippen LogP contribution < -0.4 is 11.1 Å². The molecule has 0 amide bonds. The van der Waals surface area contributed by atoms with E-state index in [1.807, 2.05) is 71.6 Å². The number of hydrogen-bond acceptors (Lipinski definition) is 5. The second kappa shape index (κ2) is 17.8. The standard InChI is InChI=1S/C22H23N5.C7H14N2.2C2H6/c1-2-14-7-9-15(10-8-14)22-26-19(20-21(23)24-11-12-27(20)22)18-13-16-5-3-4-6-17(16)25-18;1-3-4-5-9-7-6-8-2;2*1-2/h2-6,11-15,25H,1,7-10H2,(H2,23,24);4-5,7-8H,3,6H2,1-2H3;2*1-2H3/b;5-4-,9-7?;;. The molecule has 4 aromatic rings. The number of benzene rings is 1. The number of imidazole rings is 1. The number of anilines is 1. The van der Waals surface area contributed by atoms with Crippen molar-refractivity contribution in [3.05, 3.63) is 73.5 Å². The van der Waals surface area contributed by atoms with Gasteiger partial charge in [-0.05, 0) is 57.2 Å². The fourth-order valence-electron chi connectivity index (χ4n) is 4.75. The zero-order valence-corrected chi connectivity index (χ0v) is 25.3. The summed E-state index contributed by atoms with van der Waals surface area (Å²) in [5.74, 6) is 2.68. The zero-order valence-electron chi connectivity index (χ0n) is 25.3. The third-order valence-corrected chi connectivity index (χ3v) is 6.69. The molecule has 3 aromatic heterocycles. The molecular weight excluding hydrogens is 494 g/mol. The van der Waals surface area contributed by atoms with Crippen molar-refractivity contribution in [2.24, 2.45) is 10.9 Å². The van der Waals surface area contributed by atoms with Crippen molar-refractivity contribution < 1.29 is 0 Å². The van der Waals surface area contributed by atoms with Gasteiger partial charge in [-0.3, -0.25) is 9.39 Å². The van der Waals surface area contributed by atoms with Crippen LogP contribution in [0, 0.1) is 5.92 Å². The number of H-pyrrole nitrogens is 1.